The third-order valence-corrected chi connectivity index (χ3v) is 3.20. The fourth-order valence-corrected chi connectivity index (χ4v) is 2.40. The van der Waals surface area contributed by atoms with Gasteiger partial charge >= 0.3 is 0 Å². The molecule has 16 heavy (non-hydrogen) atoms. The van der Waals surface area contributed by atoms with Crippen molar-refractivity contribution in [3.8, 4) is 11.1 Å². The van der Waals surface area contributed by atoms with E-state index in [9.17, 15) is 0 Å². The van der Waals surface area contributed by atoms with E-state index >= 15 is 0 Å². The quantitative estimate of drug-likeness (QED) is 0.525. The molecule has 0 fully saturated rings. The molecule has 2 aromatic rings. The summed E-state index contributed by atoms with van der Waals surface area (Å²) >= 11 is 0. The minimum Gasteiger partial charge on any atom is -0.0590 e. The molecule has 0 unspecified atom stereocenters. The first-order valence-electron chi connectivity index (χ1n) is 5.43. The summed E-state index contributed by atoms with van der Waals surface area (Å²) in [6, 6.07) is 13.6. The van der Waals surface area contributed by atoms with Crippen molar-refractivity contribution in [2.75, 3.05) is 0 Å². The van der Waals surface area contributed by atoms with Crippen molar-refractivity contribution in [2.24, 2.45) is 0 Å². The van der Waals surface area contributed by atoms with Crippen LogP contribution >= 0.6 is 0 Å². The second-order valence-corrected chi connectivity index (χ2v) is 4.50. The van der Waals surface area contributed by atoms with Crippen molar-refractivity contribution in [2.45, 2.75) is 20.3 Å². The van der Waals surface area contributed by atoms with E-state index in [4.69, 9.17) is 0 Å². The molecule has 0 saturated heterocycles. The maximum absolute atomic E-state index is 2.31. The number of rotatable bonds is 0. The van der Waals surface area contributed by atoms with Gasteiger partial charge in [0.2, 0.25) is 0 Å². The summed E-state index contributed by atoms with van der Waals surface area (Å²) < 4.78 is 0. The first-order valence-corrected chi connectivity index (χ1v) is 5.43. The van der Waals surface area contributed by atoms with Crippen LogP contribution in [-0.2, 0) is 28.1 Å². The maximum atomic E-state index is 2.31. The number of aryl methyl sites for hydroxylation is 2. The first kappa shape index (κ1) is 11.6. The number of hydrogen-bond donors (Lipinski definition) is 0. The van der Waals surface area contributed by atoms with Crippen molar-refractivity contribution in [3.63, 3.8) is 0 Å². The molecular formula is C15H14Ti. The van der Waals surface area contributed by atoms with Crippen LogP contribution < -0.4 is 0 Å². The van der Waals surface area contributed by atoms with E-state index in [1.54, 1.807) is 0 Å². The van der Waals surface area contributed by atoms with E-state index in [1.165, 1.54) is 33.4 Å². The molecule has 0 amide bonds. The van der Waals surface area contributed by atoms with Gasteiger partial charge in [-0.3, -0.25) is 0 Å². The summed E-state index contributed by atoms with van der Waals surface area (Å²) in [7, 11) is 0. The third-order valence-electron chi connectivity index (χ3n) is 3.20. The summed E-state index contributed by atoms with van der Waals surface area (Å²) in [5.41, 5.74) is 8.52. The third kappa shape index (κ3) is 1.77. The van der Waals surface area contributed by atoms with Crippen molar-refractivity contribution in [3.05, 3.63) is 58.7 Å². The zero-order valence-corrected chi connectivity index (χ0v) is 11.2. The van der Waals surface area contributed by atoms with Gasteiger partial charge in [-0.15, -0.1) is 0 Å². The van der Waals surface area contributed by atoms with Crippen molar-refractivity contribution in [1.29, 1.82) is 0 Å². The van der Waals surface area contributed by atoms with Crippen LogP contribution in [0.3, 0.4) is 0 Å². The van der Waals surface area contributed by atoms with Gasteiger partial charge in [-0.1, -0.05) is 47.5 Å². The smallest absolute Gasteiger partial charge is 0 e. The molecule has 0 aliphatic heterocycles. The molecule has 0 saturated carbocycles. The Bertz CT molecular complexity index is 492. The Hall–Kier alpha value is -0.846. The SMILES string of the molecule is Cc1ccc2c(c1)-c1cc(C)ccc1C2.[Ti]. The number of benzene rings is 2. The van der Waals surface area contributed by atoms with Gasteiger partial charge in [0.15, 0.2) is 0 Å². The summed E-state index contributed by atoms with van der Waals surface area (Å²) in [5, 5.41) is 0. The minimum absolute atomic E-state index is 0. The van der Waals surface area contributed by atoms with Crippen molar-refractivity contribution in [1.82, 2.24) is 0 Å². The minimum atomic E-state index is 0. The van der Waals surface area contributed by atoms with E-state index in [0.717, 1.165) is 6.42 Å². The molecule has 0 atom stereocenters. The summed E-state index contributed by atoms with van der Waals surface area (Å²) in [6.45, 7) is 4.32. The van der Waals surface area contributed by atoms with Gasteiger partial charge in [-0.25, -0.2) is 0 Å². The van der Waals surface area contributed by atoms with Crippen LogP contribution in [0.4, 0.5) is 0 Å². The molecule has 1 aliphatic rings. The Morgan fingerprint density at radius 1 is 0.750 bits per heavy atom. The predicted octanol–water partition coefficient (Wildman–Crippen LogP) is 3.87. The van der Waals surface area contributed by atoms with Crippen LogP contribution in [0.1, 0.15) is 22.3 Å². The monoisotopic (exact) mass is 242 g/mol. The van der Waals surface area contributed by atoms with Gasteiger partial charge in [0.25, 0.3) is 0 Å². The van der Waals surface area contributed by atoms with Gasteiger partial charge in [0, 0.05) is 21.7 Å². The van der Waals surface area contributed by atoms with Crippen LogP contribution in [0.5, 0.6) is 0 Å². The molecule has 0 radical (unpaired) electrons. The van der Waals surface area contributed by atoms with Crippen molar-refractivity contribution >= 4 is 0 Å². The average molecular weight is 242 g/mol. The molecule has 1 aliphatic carbocycles. The Kier molecular flexibility index (Phi) is 3.05. The molecule has 78 valence electrons. The van der Waals surface area contributed by atoms with Crippen molar-refractivity contribution < 1.29 is 21.7 Å². The number of fused-ring (bicyclic) bond motifs is 3. The molecule has 0 heterocycles. The van der Waals surface area contributed by atoms with E-state index in [1.807, 2.05) is 0 Å². The average Bonchev–Trinajstić information content (AvgIpc) is 2.56. The van der Waals surface area contributed by atoms with E-state index < -0.39 is 0 Å². The molecule has 3 rings (SSSR count). The summed E-state index contributed by atoms with van der Waals surface area (Å²) in [4.78, 5) is 0. The fraction of sp³-hybridized carbons (Fsp3) is 0.200. The van der Waals surface area contributed by atoms with Crippen LogP contribution in [0.15, 0.2) is 36.4 Å². The molecule has 1 heteroatoms. The molecule has 0 bridgehead atoms. The Balaban J connectivity index is 0.000000963. The van der Waals surface area contributed by atoms with Gasteiger partial charge in [0.1, 0.15) is 0 Å². The standard InChI is InChI=1S/C15H14.Ti/c1-10-3-5-12-9-13-6-4-11(2)8-15(13)14(12)7-10;/h3-8H,9H2,1-2H3;. The molecule has 0 N–H and O–H groups in total. The summed E-state index contributed by atoms with van der Waals surface area (Å²) in [5.74, 6) is 0. The van der Waals surface area contributed by atoms with E-state index in [-0.39, 0.29) is 21.7 Å². The van der Waals surface area contributed by atoms with Crippen LogP contribution in [-0.4, -0.2) is 0 Å². The normalized spacial score (nSPS) is 11.6. The summed E-state index contributed by atoms with van der Waals surface area (Å²) in [6.07, 6.45) is 1.10. The van der Waals surface area contributed by atoms with Crippen LogP contribution in [0, 0.1) is 13.8 Å². The predicted molar refractivity (Wildman–Crippen MR) is 64.2 cm³/mol. The largest absolute Gasteiger partial charge is 0.0590 e. The Morgan fingerprint density at radius 3 is 1.62 bits per heavy atom. The zero-order chi connectivity index (χ0) is 10.4. The molecule has 0 aromatic heterocycles. The molecular weight excluding hydrogens is 228 g/mol. The molecule has 0 spiro atoms. The van der Waals surface area contributed by atoms with Gasteiger partial charge < -0.3 is 0 Å². The van der Waals surface area contributed by atoms with Crippen LogP contribution in [0.2, 0.25) is 0 Å². The van der Waals surface area contributed by atoms with Crippen LogP contribution in [0.25, 0.3) is 11.1 Å². The Labute approximate surface area is 112 Å². The molecule has 0 nitrogen and oxygen atoms in total. The van der Waals surface area contributed by atoms with Gasteiger partial charge in [0.05, 0.1) is 0 Å². The number of hydrogen-bond acceptors (Lipinski definition) is 0. The van der Waals surface area contributed by atoms with Gasteiger partial charge in [-0.2, -0.15) is 0 Å². The zero-order valence-electron chi connectivity index (χ0n) is 9.67. The second-order valence-electron chi connectivity index (χ2n) is 4.50. The fourth-order valence-electron chi connectivity index (χ4n) is 2.40. The van der Waals surface area contributed by atoms with E-state index in [2.05, 4.69) is 50.2 Å². The maximum Gasteiger partial charge on any atom is 0 e. The first-order chi connectivity index (χ1) is 7.24. The second kappa shape index (κ2) is 4.20. The molecule has 2 aromatic carbocycles. The van der Waals surface area contributed by atoms with E-state index in [0.29, 0.717) is 0 Å². The van der Waals surface area contributed by atoms with Gasteiger partial charge in [-0.05, 0) is 42.5 Å². The topological polar surface area (TPSA) is 0 Å². The Morgan fingerprint density at radius 2 is 1.19 bits per heavy atom.